The maximum Gasteiger partial charge on any atom is 0.192 e. The average molecular weight is 657 g/mol. The highest BCUT2D eigenvalue weighted by molar-refractivity contribution is 7.99. The zero-order chi connectivity index (χ0) is 32.4. The van der Waals surface area contributed by atoms with Crippen molar-refractivity contribution >= 4 is 28.4 Å². The van der Waals surface area contributed by atoms with E-state index in [1.807, 2.05) is 35.8 Å². The van der Waals surface area contributed by atoms with Gasteiger partial charge in [-0.15, -0.1) is 0 Å². The third-order valence-corrected chi connectivity index (χ3v) is 24.1. The highest BCUT2D eigenvalue weighted by Gasteiger charge is 2.63. The standard InChI is InChI=1S/C37H64N2O2SSi2/c1-33(2,3)43(9,10)40-27-16-20-36(8)30-18-19-35(7)29(14-15-31(35)41-44(11,12)34(4,5)6)28(30)17-21-37(36,26-27)22-25-42-32-38-23-13-24-39-32/h13,18,23-24,27-29,31H,14-17,19-22,25-26H2,1-12H3/t27-,28-,29-,31-,35-,36+,37-/m0/s1. The van der Waals surface area contributed by atoms with E-state index in [0.717, 1.165) is 16.8 Å². The van der Waals surface area contributed by atoms with Crippen molar-refractivity contribution in [1.29, 1.82) is 0 Å². The van der Waals surface area contributed by atoms with Crippen molar-refractivity contribution in [2.24, 2.45) is 28.1 Å². The molecule has 1 heterocycles. The van der Waals surface area contributed by atoms with Crippen LogP contribution in [-0.4, -0.2) is 44.6 Å². The van der Waals surface area contributed by atoms with E-state index in [-0.39, 0.29) is 26.3 Å². The molecule has 7 heteroatoms. The Morgan fingerprint density at radius 2 is 1.50 bits per heavy atom. The zero-order valence-corrected chi connectivity index (χ0v) is 33.1. The van der Waals surface area contributed by atoms with Gasteiger partial charge in [0.2, 0.25) is 0 Å². The number of nitrogens with zero attached hydrogens (tertiary/aromatic N) is 2. The fraction of sp³-hybridized carbons (Fsp3) is 0.838. The van der Waals surface area contributed by atoms with Crippen LogP contribution in [0.2, 0.25) is 36.3 Å². The SMILES string of the molecule is CC(C)(C)[Si](C)(C)O[C@H]1CC[C@]2(C)C3=CC[C@]4(C)[C@@H](O[Si](C)(C)C(C)(C)C)CC[C@H]4[C@@H]3CC[C@]2(CCSc2ncccn2)C1. The summed E-state index contributed by atoms with van der Waals surface area (Å²) >= 11 is 1.85. The van der Waals surface area contributed by atoms with E-state index in [1.54, 1.807) is 0 Å². The van der Waals surface area contributed by atoms with Crippen molar-refractivity contribution in [3.05, 3.63) is 30.1 Å². The number of rotatable bonds is 8. The van der Waals surface area contributed by atoms with E-state index in [1.165, 1.54) is 57.8 Å². The summed E-state index contributed by atoms with van der Waals surface area (Å²) in [5.74, 6) is 2.54. The largest absolute Gasteiger partial charge is 0.414 e. The Labute approximate surface area is 277 Å². The summed E-state index contributed by atoms with van der Waals surface area (Å²) in [5, 5.41) is 1.40. The van der Waals surface area contributed by atoms with Crippen LogP contribution in [0.3, 0.4) is 0 Å². The summed E-state index contributed by atoms with van der Waals surface area (Å²) in [6, 6.07) is 1.92. The molecule has 0 radical (unpaired) electrons. The van der Waals surface area contributed by atoms with Gasteiger partial charge in [-0.1, -0.05) is 78.8 Å². The van der Waals surface area contributed by atoms with Gasteiger partial charge >= 0.3 is 0 Å². The maximum absolute atomic E-state index is 7.23. The van der Waals surface area contributed by atoms with Gasteiger partial charge in [0.25, 0.3) is 0 Å². The molecule has 4 aliphatic rings. The summed E-state index contributed by atoms with van der Waals surface area (Å²) in [4.78, 5) is 9.08. The molecule has 0 unspecified atom stereocenters. The van der Waals surface area contributed by atoms with E-state index in [9.17, 15) is 0 Å². The molecule has 7 atom stereocenters. The lowest BCUT2D eigenvalue weighted by Crippen LogP contribution is -2.57. The third kappa shape index (κ3) is 6.12. The van der Waals surface area contributed by atoms with Crippen LogP contribution in [0.5, 0.6) is 0 Å². The second-order valence-corrected chi connectivity index (χ2v) is 29.1. The monoisotopic (exact) mass is 656 g/mol. The van der Waals surface area contributed by atoms with E-state index < -0.39 is 16.6 Å². The molecule has 248 valence electrons. The second-order valence-electron chi connectivity index (χ2n) is 18.6. The Morgan fingerprint density at radius 1 is 0.864 bits per heavy atom. The van der Waals surface area contributed by atoms with E-state index in [4.69, 9.17) is 8.85 Å². The molecule has 0 N–H and O–H groups in total. The molecule has 4 nitrogen and oxygen atoms in total. The first-order valence-electron chi connectivity index (χ1n) is 17.7. The van der Waals surface area contributed by atoms with Crippen LogP contribution in [0.4, 0.5) is 0 Å². The molecule has 0 aromatic carbocycles. The van der Waals surface area contributed by atoms with Gasteiger partial charge in [-0.25, -0.2) is 9.97 Å². The van der Waals surface area contributed by atoms with Gasteiger partial charge in [-0.3, -0.25) is 0 Å². The number of hydrogen-bond acceptors (Lipinski definition) is 5. The first-order valence-corrected chi connectivity index (χ1v) is 24.5. The quantitative estimate of drug-likeness (QED) is 0.121. The highest BCUT2D eigenvalue weighted by atomic mass is 32.2. The number of allylic oxidation sites excluding steroid dienone is 2. The van der Waals surface area contributed by atoms with Crippen molar-refractivity contribution in [2.45, 2.75) is 167 Å². The predicted molar refractivity (Wildman–Crippen MR) is 192 cm³/mol. The number of aromatic nitrogens is 2. The molecule has 0 spiro atoms. The van der Waals surface area contributed by atoms with Crippen molar-refractivity contribution in [2.75, 3.05) is 5.75 Å². The van der Waals surface area contributed by atoms with Gasteiger partial charge in [0, 0.05) is 24.3 Å². The fourth-order valence-electron chi connectivity index (χ4n) is 9.22. The van der Waals surface area contributed by atoms with Gasteiger partial charge in [-0.2, -0.15) is 0 Å². The zero-order valence-electron chi connectivity index (χ0n) is 30.3. The smallest absolute Gasteiger partial charge is 0.192 e. The highest BCUT2D eigenvalue weighted by Crippen LogP contribution is 2.70. The first-order chi connectivity index (χ1) is 20.2. The molecule has 5 rings (SSSR count). The Kier molecular flexibility index (Phi) is 9.42. The molecule has 0 aliphatic heterocycles. The Bertz CT molecular complexity index is 1210. The molecule has 3 saturated carbocycles. The van der Waals surface area contributed by atoms with Gasteiger partial charge in [-0.05, 0) is 128 Å². The summed E-state index contributed by atoms with van der Waals surface area (Å²) < 4.78 is 14.4. The summed E-state index contributed by atoms with van der Waals surface area (Å²) in [6.07, 6.45) is 18.6. The topological polar surface area (TPSA) is 44.2 Å². The van der Waals surface area contributed by atoms with Gasteiger partial charge in [0.1, 0.15) is 0 Å². The minimum atomic E-state index is -1.84. The lowest BCUT2D eigenvalue weighted by molar-refractivity contribution is -0.0828. The predicted octanol–water partition coefficient (Wildman–Crippen LogP) is 11.1. The maximum atomic E-state index is 7.23. The Morgan fingerprint density at radius 3 is 2.14 bits per heavy atom. The molecule has 0 saturated heterocycles. The molecule has 0 bridgehead atoms. The van der Waals surface area contributed by atoms with Crippen LogP contribution in [0.25, 0.3) is 0 Å². The Balaban J connectivity index is 1.43. The van der Waals surface area contributed by atoms with Gasteiger partial charge in [0.15, 0.2) is 21.8 Å². The average Bonchev–Trinajstić information content (AvgIpc) is 3.24. The van der Waals surface area contributed by atoms with Gasteiger partial charge < -0.3 is 8.85 Å². The second kappa shape index (κ2) is 11.9. The number of hydrogen-bond donors (Lipinski definition) is 0. The van der Waals surface area contributed by atoms with E-state index in [2.05, 4.69) is 97.6 Å². The van der Waals surface area contributed by atoms with Crippen molar-refractivity contribution < 1.29 is 8.85 Å². The van der Waals surface area contributed by atoms with Crippen molar-refractivity contribution in [1.82, 2.24) is 9.97 Å². The van der Waals surface area contributed by atoms with Crippen molar-refractivity contribution in [3.63, 3.8) is 0 Å². The molecule has 4 aliphatic carbocycles. The van der Waals surface area contributed by atoms with Crippen molar-refractivity contribution in [3.8, 4) is 0 Å². The molecule has 0 amide bonds. The van der Waals surface area contributed by atoms with Crippen LogP contribution in [0, 0.1) is 28.1 Å². The lowest BCUT2D eigenvalue weighted by atomic mass is 9.42. The Hall–Kier alpha value is -0.476. The molecule has 3 fully saturated rings. The summed E-state index contributed by atoms with van der Waals surface area (Å²) in [6.45, 7) is 29.4. The van der Waals surface area contributed by atoms with E-state index >= 15 is 0 Å². The number of thioether (sulfide) groups is 1. The molecule has 1 aromatic heterocycles. The summed E-state index contributed by atoms with van der Waals surface area (Å²) in [7, 11) is -3.66. The fourth-order valence-corrected chi connectivity index (χ4v) is 13.0. The first kappa shape index (κ1) is 34.8. The lowest BCUT2D eigenvalue weighted by Gasteiger charge is -2.63. The molecular weight excluding hydrogens is 593 g/mol. The third-order valence-electron chi connectivity index (χ3n) is 14.2. The van der Waals surface area contributed by atoms with Crippen LogP contribution in [0.1, 0.15) is 113 Å². The van der Waals surface area contributed by atoms with Crippen LogP contribution < -0.4 is 0 Å². The van der Waals surface area contributed by atoms with Gasteiger partial charge in [0.05, 0.1) is 6.10 Å². The molecular formula is C37H64N2O2SSi2. The summed E-state index contributed by atoms with van der Waals surface area (Å²) in [5.41, 5.74) is 2.60. The molecule has 1 aromatic rings. The van der Waals surface area contributed by atoms with Crippen LogP contribution >= 0.6 is 11.8 Å². The minimum Gasteiger partial charge on any atom is -0.414 e. The normalized spacial score (nSPS) is 36.3. The van der Waals surface area contributed by atoms with Crippen LogP contribution in [0.15, 0.2) is 35.3 Å². The molecule has 44 heavy (non-hydrogen) atoms. The van der Waals surface area contributed by atoms with Crippen LogP contribution in [-0.2, 0) is 8.85 Å². The number of fused-ring (bicyclic) bond motifs is 5. The minimum absolute atomic E-state index is 0.237. The van der Waals surface area contributed by atoms with E-state index in [0.29, 0.717) is 18.1 Å².